The first-order valence-corrected chi connectivity index (χ1v) is 11.1. The molecule has 3 aromatic rings. The third kappa shape index (κ3) is 2.88. The second-order valence-electron chi connectivity index (χ2n) is 8.66. The van der Waals surface area contributed by atoms with E-state index in [9.17, 15) is 4.79 Å². The van der Waals surface area contributed by atoms with Gasteiger partial charge in [0.15, 0.2) is 5.69 Å². The molecule has 0 radical (unpaired) electrons. The molecule has 1 aromatic carbocycles. The number of aryl methyl sites for hydroxylation is 1. The summed E-state index contributed by atoms with van der Waals surface area (Å²) >= 11 is 0. The molecular weight excluding hydrogens is 426 g/mol. The van der Waals surface area contributed by atoms with Crippen LogP contribution in [0.1, 0.15) is 11.1 Å². The number of hydrogen-bond acceptors (Lipinski definition) is 5. The van der Waals surface area contributed by atoms with Crippen LogP contribution in [0, 0.1) is 12.8 Å². The molecule has 0 N–H and O–H groups in total. The lowest BCUT2D eigenvalue weighted by Gasteiger charge is -2.12. The zero-order valence-corrected chi connectivity index (χ0v) is 18.3. The van der Waals surface area contributed by atoms with Gasteiger partial charge in [-0.25, -0.2) is 9.97 Å². The van der Waals surface area contributed by atoms with Crippen LogP contribution in [0.25, 0.3) is 35.0 Å². The molecule has 8 nitrogen and oxygen atoms in total. The zero-order chi connectivity index (χ0) is 22.8. The lowest BCUT2D eigenvalue weighted by atomic mass is 10.1. The highest BCUT2D eigenvalue weighted by molar-refractivity contribution is 5.72. The van der Waals surface area contributed by atoms with Crippen molar-refractivity contribution >= 4 is 12.2 Å². The van der Waals surface area contributed by atoms with E-state index in [2.05, 4.69) is 28.2 Å². The Kier molecular flexibility index (Phi) is 3.87. The Hall–Kier alpha value is -4.59. The van der Waals surface area contributed by atoms with Crippen LogP contribution < -0.4 is 16.1 Å². The highest BCUT2D eigenvalue weighted by Gasteiger charge is 2.28. The fourth-order valence-electron chi connectivity index (χ4n) is 4.52. The Morgan fingerprint density at radius 2 is 1.94 bits per heavy atom. The van der Waals surface area contributed by atoms with Crippen LogP contribution in [0.2, 0.25) is 0 Å². The van der Waals surface area contributed by atoms with Crippen molar-refractivity contribution in [3.63, 3.8) is 0 Å². The molecule has 0 spiro atoms. The van der Waals surface area contributed by atoms with E-state index in [0.717, 1.165) is 33.2 Å². The summed E-state index contributed by atoms with van der Waals surface area (Å²) in [5.41, 5.74) is 4.83. The quantitative estimate of drug-likeness (QED) is 0.420. The second kappa shape index (κ2) is 6.95. The van der Waals surface area contributed by atoms with Crippen LogP contribution in [0.5, 0.6) is 0 Å². The van der Waals surface area contributed by atoms with E-state index in [0.29, 0.717) is 23.9 Å². The molecule has 164 valence electrons. The number of rotatable bonds is 4. The molecule has 2 aliphatic heterocycles. The third-order valence-corrected chi connectivity index (χ3v) is 6.40. The molecule has 34 heavy (non-hydrogen) atoms. The van der Waals surface area contributed by atoms with Crippen molar-refractivity contribution in [3.05, 3.63) is 105 Å². The summed E-state index contributed by atoms with van der Waals surface area (Å²) in [6.45, 7) is 2.47. The molecular formula is C26H19N7O. The molecule has 7 rings (SSSR count). The molecule has 0 fully saturated rings. The maximum absolute atomic E-state index is 13.4. The van der Waals surface area contributed by atoms with E-state index in [1.54, 1.807) is 12.5 Å². The number of para-hydroxylation sites is 1. The van der Waals surface area contributed by atoms with Crippen LogP contribution in [0.15, 0.2) is 77.8 Å². The zero-order valence-electron chi connectivity index (χ0n) is 18.3. The van der Waals surface area contributed by atoms with Gasteiger partial charge < -0.3 is 0 Å². The van der Waals surface area contributed by atoms with E-state index in [1.807, 2.05) is 65.0 Å². The number of nitrogens with zero attached hydrogens (tertiary/aromatic N) is 7. The van der Waals surface area contributed by atoms with E-state index >= 15 is 0 Å². The maximum Gasteiger partial charge on any atom is 0.301 e. The number of imidazole rings is 1. The number of pyridine rings is 1. The molecule has 0 saturated carbocycles. The van der Waals surface area contributed by atoms with Crippen molar-refractivity contribution in [1.82, 2.24) is 34.1 Å². The van der Waals surface area contributed by atoms with Crippen LogP contribution in [0.4, 0.5) is 0 Å². The number of fused-ring (bicyclic) bond motifs is 4. The molecule has 0 amide bonds. The largest absolute Gasteiger partial charge is 0.301 e. The summed E-state index contributed by atoms with van der Waals surface area (Å²) in [6, 6.07) is 11.7. The Morgan fingerprint density at radius 3 is 2.74 bits per heavy atom. The average Bonchev–Trinajstić information content (AvgIpc) is 3.24. The van der Waals surface area contributed by atoms with Gasteiger partial charge in [-0.1, -0.05) is 36.4 Å². The minimum absolute atomic E-state index is 0.211. The van der Waals surface area contributed by atoms with Gasteiger partial charge in [-0.15, -0.1) is 0 Å². The minimum atomic E-state index is -0.211. The van der Waals surface area contributed by atoms with Gasteiger partial charge in [0, 0.05) is 29.7 Å². The Morgan fingerprint density at radius 1 is 1.03 bits per heavy atom. The normalized spacial score (nSPS) is 15.8. The average molecular weight is 445 g/mol. The monoisotopic (exact) mass is 445 g/mol. The molecule has 2 aliphatic carbocycles. The summed E-state index contributed by atoms with van der Waals surface area (Å²) in [5.74, 6) is 1.12. The predicted octanol–water partition coefficient (Wildman–Crippen LogP) is 1.60. The molecule has 2 aromatic heterocycles. The van der Waals surface area contributed by atoms with Crippen molar-refractivity contribution in [2.24, 2.45) is 5.92 Å². The van der Waals surface area contributed by atoms with E-state index in [4.69, 9.17) is 10.2 Å². The number of hydrogen-bond donors (Lipinski definition) is 0. The molecule has 8 heteroatoms. The summed E-state index contributed by atoms with van der Waals surface area (Å²) in [4.78, 5) is 22.0. The van der Waals surface area contributed by atoms with Crippen molar-refractivity contribution in [1.29, 1.82) is 0 Å². The Bertz CT molecular complexity index is 1760. The molecule has 0 bridgehead atoms. The highest BCUT2D eigenvalue weighted by atomic mass is 16.1. The second-order valence-corrected chi connectivity index (χ2v) is 8.66. The first-order chi connectivity index (χ1) is 16.7. The number of benzene rings is 1. The van der Waals surface area contributed by atoms with Crippen molar-refractivity contribution in [3.8, 4) is 22.9 Å². The number of aromatic nitrogens is 7. The molecule has 1 atom stereocenters. The minimum Gasteiger partial charge on any atom is -0.291 e. The molecule has 0 unspecified atom stereocenters. The lowest BCUT2D eigenvalue weighted by Crippen LogP contribution is -2.41. The van der Waals surface area contributed by atoms with Gasteiger partial charge >= 0.3 is 5.56 Å². The van der Waals surface area contributed by atoms with Crippen LogP contribution in [-0.2, 0) is 6.54 Å². The smallest absolute Gasteiger partial charge is 0.291 e. The SMILES string of the molecule is Cc1ccccc1-n1nc2c3c(n(Cc4ccc(-n5ccnc5)nc4)nc-2c1=O)=CC1=C[C@H]1C=3. The molecule has 0 saturated heterocycles. The standard InChI is InChI=1S/C26H19N7O/c1-16-4-2-3-5-21(16)33-26(34)25-24(30-33)20-11-18-10-19(18)12-22(20)32(29-25)14-17-6-7-23(28-13-17)31-9-8-27-15-31/h2-13,15,18H,14H2,1H3/t18-/m0/s1. The molecule has 4 aliphatic rings. The fraction of sp³-hybridized carbons (Fsp3) is 0.115. The Balaban J connectivity index is 1.38. The highest BCUT2D eigenvalue weighted by Crippen LogP contribution is 2.33. The lowest BCUT2D eigenvalue weighted by molar-refractivity contribution is 0.636. The van der Waals surface area contributed by atoms with E-state index in [-0.39, 0.29) is 5.56 Å². The first-order valence-electron chi connectivity index (χ1n) is 11.1. The van der Waals surface area contributed by atoms with Gasteiger partial charge in [-0.2, -0.15) is 14.9 Å². The number of allylic oxidation sites excluding steroid dienone is 2. The fourth-order valence-corrected chi connectivity index (χ4v) is 4.52. The third-order valence-electron chi connectivity index (χ3n) is 6.40. The summed E-state index contributed by atoms with van der Waals surface area (Å²) < 4.78 is 5.22. The van der Waals surface area contributed by atoms with E-state index < -0.39 is 0 Å². The Labute approximate surface area is 193 Å². The van der Waals surface area contributed by atoms with Crippen LogP contribution in [0.3, 0.4) is 0 Å². The van der Waals surface area contributed by atoms with Crippen molar-refractivity contribution in [2.75, 3.05) is 0 Å². The van der Waals surface area contributed by atoms with E-state index in [1.165, 1.54) is 10.3 Å². The van der Waals surface area contributed by atoms with Gasteiger partial charge in [0.25, 0.3) is 0 Å². The van der Waals surface area contributed by atoms with Crippen molar-refractivity contribution in [2.45, 2.75) is 13.5 Å². The first kappa shape index (κ1) is 18.9. The van der Waals surface area contributed by atoms with Gasteiger partial charge in [0.05, 0.1) is 17.6 Å². The van der Waals surface area contributed by atoms with Gasteiger partial charge in [0.1, 0.15) is 17.8 Å². The van der Waals surface area contributed by atoms with Gasteiger partial charge in [-0.3, -0.25) is 14.0 Å². The predicted molar refractivity (Wildman–Crippen MR) is 127 cm³/mol. The van der Waals surface area contributed by atoms with Gasteiger partial charge in [0.2, 0.25) is 0 Å². The van der Waals surface area contributed by atoms with Crippen LogP contribution >= 0.6 is 0 Å². The summed E-state index contributed by atoms with van der Waals surface area (Å²) in [7, 11) is 0. The topological polar surface area (TPSA) is 83.4 Å². The van der Waals surface area contributed by atoms with Crippen LogP contribution in [-0.4, -0.2) is 34.1 Å². The summed E-state index contributed by atoms with van der Waals surface area (Å²) in [5, 5.41) is 11.4. The maximum atomic E-state index is 13.4. The van der Waals surface area contributed by atoms with Gasteiger partial charge in [-0.05, 0) is 41.8 Å². The summed E-state index contributed by atoms with van der Waals surface area (Å²) in [6.07, 6.45) is 13.7. The van der Waals surface area contributed by atoms with Crippen molar-refractivity contribution < 1.29 is 0 Å². The molecule has 4 heterocycles.